The van der Waals surface area contributed by atoms with E-state index in [4.69, 9.17) is 22.1 Å². The Labute approximate surface area is 149 Å². The molecule has 1 amide bonds. The number of ether oxygens (including phenoxy) is 1. The second-order valence-corrected chi connectivity index (χ2v) is 5.35. The second-order valence-electron chi connectivity index (χ2n) is 4.96. The first kappa shape index (κ1) is 18.5. The van der Waals surface area contributed by atoms with Gasteiger partial charge in [0.05, 0.1) is 12.2 Å². The van der Waals surface area contributed by atoms with Gasteiger partial charge >= 0.3 is 5.97 Å². The largest absolute Gasteiger partial charge is 0.462 e. The highest BCUT2D eigenvalue weighted by Gasteiger charge is 2.09. The Morgan fingerprint density at radius 1 is 1.28 bits per heavy atom. The molecule has 9 heteroatoms. The SMILES string of the molecule is CCOC(=O)c1cccc(NC(=O)CCNc2cc(Cl)nc(N)n2)c1. The molecule has 25 heavy (non-hydrogen) atoms. The van der Waals surface area contributed by atoms with Crippen LogP contribution in [0.5, 0.6) is 0 Å². The van der Waals surface area contributed by atoms with Crippen molar-refractivity contribution in [2.75, 3.05) is 29.5 Å². The Morgan fingerprint density at radius 2 is 2.08 bits per heavy atom. The molecule has 0 aliphatic heterocycles. The summed E-state index contributed by atoms with van der Waals surface area (Å²) in [7, 11) is 0. The number of carbonyl (C=O) groups is 2. The fourth-order valence-electron chi connectivity index (χ4n) is 1.99. The molecule has 0 saturated carbocycles. The molecule has 2 aromatic rings. The highest BCUT2D eigenvalue weighted by Crippen LogP contribution is 2.14. The molecule has 2 rings (SSSR count). The average molecular weight is 364 g/mol. The first-order valence-corrected chi connectivity index (χ1v) is 7.96. The lowest BCUT2D eigenvalue weighted by atomic mass is 10.2. The molecule has 0 saturated heterocycles. The molecule has 0 radical (unpaired) electrons. The third-order valence-electron chi connectivity index (χ3n) is 3.03. The van der Waals surface area contributed by atoms with Gasteiger partial charge in [-0.3, -0.25) is 4.79 Å². The first-order valence-electron chi connectivity index (χ1n) is 7.59. The molecule has 8 nitrogen and oxygen atoms in total. The molecule has 132 valence electrons. The van der Waals surface area contributed by atoms with Crippen LogP contribution in [0.15, 0.2) is 30.3 Å². The Kier molecular flexibility index (Phi) is 6.53. The number of amides is 1. The van der Waals surface area contributed by atoms with Gasteiger partial charge in [-0.1, -0.05) is 17.7 Å². The number of hydrogen-bond acceptors (Lipinski definition) is 7. The zero-order valence-corrected chi connectivity index (χ0v) is 14.3. The first-order chi connectivity index (χ1) is 12.0. The number of carbonyl (C=O) groups excluding carboxylic acids is 2. The van der Waals surface area contributed by atoms with Gasteiger partial charge in [-0.15, -0.1) is 0 Å². The number of nitrogens with two attached hydrogens (primary N) is 1. The Hall–Kier alpha value is -2.87. The average Bonchev–Trinajstić information content (AvgIpc) is 2.54. The van der Waals surface area contributed by atoms with E-state index in [9.17, 15) is 9.59 Å². The van der Waals surface area contributed by atoms with E-state index in [2.05, 4.69) is 20.6 Å². The molecule has 1 aromatic heterocycles. The minimum atomic E-state index is -0.432. The summed E-state index contributed by atoms with van der Waals surface area (Å²) in [5, 5.41) is 5.87. The van der Waals surface area contributed by atoms with Crippen molar-refractivity contribution < 1.29 is 14.3 Å². The van der Waals surface area contributed by atoms with Crippen molar-refractivity contribution in [3.8, 4) is 0 Å². The van der Waals surface area contributed by atoms with Gasteiger partial charge in [-0.2, -0.15) is 4.98 Å². The maximum Gasteiger partial charge on any atom is 0.338 e. The van der Waals surface area contributed by atoms with Crippen LogP contribution in [0.3, 0.4) is 0 Å². The molecule has 0 atom stereocenters. The maximum absolute atomic E-state index is 12.0. The number of benzene rings is 1. The predicted molar refractivity (Wildman–Crippen MR) is 95.6 cm³/mol. The van der Waals surface area contributed by atoms with Gasteiger partial charge in [0.1, 0.15) is 11.0 Å². The van der Waals surface area contributed by atoms with Crippen molar-refractivity contribution in [3.05, 3.63) is 41.0 Å². The minimum absolute atomic E-state index is 0.0511. The lowest BCUT2D eigenvalue weighted by molar-refractivity contribution is -0.115. The lowest BCUT2D eigenvalue weighted by Gasteiger charge is -2.08. The Balaban J connectivity index is 1.86. The van der Waals surface area contributed by atoms with Crippen LogP contribution < -0.4 is 16.4 Å². The third-order valence-corrected chi connectivity index (χ3v) is 3.22. The van der Waals surface area contributed by atoms with E-state index in [-0.39, 0.29) is 23.4 Å². The maximum atomic E-state index is 12.0. The molecule has 0 bridgehead atoms. The van der Waals surface area contributed by atoms with Gasteiger partial charge in [0.15, 0.2) is 0 Å². The molecule has 0 aliphatic carbocycles. The minimum Gasteiger partial charge on any atom is -0.462 e. The van der Waals surface area contributed by atoms with Crippen molar-refractivity contribution in [1.82, 2.24) is 9.97 Å². The van der Waals surface area contributed by atoms with Crippen LogP contribution >= 0.6 is 11.6 Å². The number of anilines is 3. The fraction of sp³-hybridized carbons (Fsp3) is 0.250. The van der Waals surface area contributed by atoms with E-state index in [0.717, 1.165) is 0 Å². The summed E-state index contributed by atoms with van der Waals surface area (Å²) in [4.78, 5) is 31.4. The zero-order chi connectivity index (χ0) is 18.2. The normalized spacial score (nSPS) is 10.2. The molecule has 1 aromatic carbocycles. The summed E-state index contributed by atoms with van der Waals surface area (Å²) in [5.41, 5.74) is 6.39. The number of nitrogens with zero attached hydrogens (tertiary/aromatic N) is 2. The van der Waals surface area contributed by atoms with Gasteiger partial charge < -0.3 is 21.1 Å². The summed E-state index contributed by atoms with van der Waals surface area (Å²) < 4.78 is 4.93. The summed E-state index contributed by atoms with van der Waals surface area (Å²) in [6, 6.07) is 8.07. The third kappa shape index (κ3) is 5.92. The van der Waals surface area contributed by atoms with E-state index in [1.807, 2.05) is 0 Å². The molecule has 0 unspecified atom stereocenters. The van der Waals surface area contributed by atoms with Crippen LogP contribution in [0.1, 0.15) is 23.7 Å². The number of nitrogens with one attached hydrogen (secondary N) is 2. The van der Waals surface area contributed by atoms with Crippen molar-refractivity contribution in [2.24, 2.45) is 0 Å². The lowest BCUT2D eigenvalue weighted by Crippen LogP contribution is -2.17. The number of esters is 1. The van der Waals surface area contributed by atoms with Crippen LogP contribution in [-0.4, -0.2) is 35.0 Å². The summed E-state index contributed by atoms with van der Waals surface area (Å²) >= 11 is 5.77. The molecule has 1 heterocycles. The zero-order valence-electron chi connectivity index (χ0n) is 13.6. The summed E-state index contributed by atoms with van der Waals surface area (Å²) in [5.74, 6) is -0.162. The van der Waals surface area contributed by atoms with E-state index in [1.54, 1.807) is 31.2 Å². The predicted octanol–water partition coefficient (Wildman–Crippen LogP) is 2.33. The van der Waals surface area contributed by atoms with Crippen molar-refractivity contribution >= 4 is 40.9 Å². The number of rotatable bonds is 7. The molecule has 0 aliphatic rings. The van der Waals surface area contributed by atoms with Crippen molar-refractivity contribution in [1.29, 1.82) is 0 Å². The van der Waals surface area contributed by atoms with E-state index >= 15 is 0 Å². The van der Waals surface area contributed by atoms with Crippen LogP contribution in [0, 0.1) is 0 Å². The smallest absolute Gasteiger partial charge is 0.338 e. The molecule has 0 spiro atoms. The summed E-state index contributed by atoms with van der Waals surface area (Å²) in [6.07, 6.45) is 0.186. The number of halogens is 1. The fourth-order valence-corrected chi connectivity index (χ4v) is 2.18. The summed E-state index contributed by atoms with van der Waals surface area (Å²) in [6.45, 7) is 2.35. The van der Waals surface area contributed by atoms with Gasteiger partial charge in [-0.25, -0.2) is 9.78 Å². The Morgan fingerprint density at radius 3 is 2.80 bits per heavy atom. The van der Waals surface area contributed by atoms with Gasteiger partial charge in [0.2, 0.25) is 11.9 Å². The highest BCUT2D eigenvalue weighted by atomic mass is 35.5. The highest BCUT2D eigenvalue weighted by molar-refractivity contribution is 6.29. The quantitative estimate of drug-likeness (QED) is 0.510. The van der Waals surface area contributed by atoms with Gasteiger partial charge in [0, 0.05) is 24.7 Å². The number of nitrogen functional groups attached to an aromatic ring is 1. The van der Waals surface area contributed by atoms with Crippen molar-refractivity contribution in [2.45, 2.75) is 13.3 Å². The van der Waals surface area contributed by atoms with E-state index < -0.39 is 5.97 Å². The van der Waals surface area contributed by atoms with Crippen LogP contribution in [0.4, 0.5) is 17.5 Å². The van der Waals surface area contributed by atoms with E-state index in [0.29, 0.717) is 30.2 Å². The standard InChI is InChI=1S/C16H18ClN5O3/c1-2-25-15(24)10-4-3-5-11(8-10)20-14(23)6-7-19-13-9-12(17)21-16(18)22-13/h3-5,8-9H,2,6-7H2,1H3,(H,20,23)(H3,18,19,21,22). The monoisotopic (exact) mass is 363 g/mol. The number of hydrogen-bond donors (Lipinski definition) is 3. The molecule has 0 fully saturated rings. The molecular formula is C16H18ClN5O3. The van der Waals surface area contributed by atoms with Gasteiger partial charge in [0.25, 0.3) is 0 Å². The molecular weight excluding hydrogens is 346 g/mol. The van der Waals surface area contributed by atoms with Crippen LogP contribution in [0.25, 0.3) is 0 Å². The number of aromatic nitrogens is 2. The Bertz CT molecular complexity index is 749. The second kappa shape index (κ2) is 8.84. The van der Waals surface area contributed by atoms with Gasteiger partial charge in [-0.05, 0) is 25.1 Å². The molecule has 4 N–H and O–H groups in total. The van der Waals surface area contributed by atoms with Crippen molar-refractivity contribution in [3.63, 3.8) is 0 Å². The topological polar surface area (TPSA) is 119 Å². The van der Waals surface area contributed by atoms with Crippen LogP contribution in [-0.2, 0) is 9.53 Å². The van der Waals surface area contributed by atoms with E-state index in [1.165, 1.54) is 6.07 Å². The van der Waals surface area contributed by atoms with Crippen LogP contribution in [0.2, 0.25) is 5.15 Å².